The van der Waals surface area contributed by atoms with E-state index in [-0.39, 0.29) is 35.8 Å². The second kappa shape index (κ2) is 9.09. The zero-order valence-corrected chi connectivity index (χ0v) is 20.2. The van der Waals surface area contributed by atoms with Crippen molar-refractivity contribution < 1.29 is 14.0 Å². The summed E-state index contributed by atoms with van der Waals surface area (Å²) in [6.45, 7) is 3.17. The van der Waals surface area contributed by atoms with Crippen LogP contribution >= 0.6 is 0 Å². The predicted octanol–water partition coefficient (Wildman–Crippen LogP) is 4.89. The molecule has 0 spiro atoms. The fraction of sp³-hybridized carbons (Fsp3) is 0.179. The Morgan fingerprint density at radius 3 is 2.70 bits per heavy atom. The maximum Gasteiger partial charge on any atom is 0.276 e. The van der Waals surface area contributed by atoms with Crippen molar-refractivity contribution in [2.45, 2.75) is 25.9 Å². The lowest BCUT2D eigenvalue weighted by Crippen LogP contribution is -2.38. The fourth-order valence-corrected chi connectivity index (χ4v) is 5.06. The number of nitrogens with one attached hydrogen (secondary N) is 3. The molecule has 186 valence electrons. The summed E-state index contributed by atoms with van der Waals surface area (Å²) in [5, 5.41) is 8.74. The third-order valence-corrected chi connectivity index (χ3v) is 6.79. The van der Waals surface area contributed by atoms with Gasteiger partial charge in [0.05, 0.1) is 13.1 Å². The first-order valence-corrected chi connectivity index (χ1v) is 12.1. The number of aromatic nitrogens is 4. The van der Waals surface area contributed by atoms with Crippen molar-refractivity contribution in [1.82, 2.24) is 24.6 Å². The van der Waals surface area contributed by atoms with Crippen LogP contribution in [0.4, 0.5) is 10.1 Å². The second-order valence-corrected chi connectivity index (χ2v) is 9.40. The Bertz CT molecular complexity index is 1600. The molecule has 0 bridgehead atoms. The Morgan fingerprint density at radius 1 is 1.08 bits per heavy atom. The normalized spacial score (nSPS) is 15.1. The summed E-state index contributed by atoms with van der Waals surface area (Å²) in [7, 11) is 0. The van der Waals surface area contributed by atoms with E-state index in [9.17, 15) is 14.0 Å². The molecule has 5 aromatic rings. The van der Waals surface area contributed by atoms with Crippen molar-refractivity contribution in [3.63, 3.8) is 0 Å². The Balaban J connectivity index is 1.36. The summed E-state index contributed by atoms with van der Waals surface area (Å²) < 4.78 is 15.3. The van der Waals surface area contributed by atoms with Crippen LogP contribution in [-0.4, -0.2) is 43.0 Å². The van der Waals surface area contributed by atoms with Gasteiger partial charge in [-0.15, -0.1) is 0 Å². The van der Waals surface area contributed by atoms with Gasteiger partial charge in [0.15, 0.2) is 5.69 Å². The minimum absolute atomic E-state index is 0.0626. The van der Waals surface area contributed by atoms with E-state index in [4.69, 9.17) is 5.10 Å². The number of nitrogens with zero attached hydrogens (tertiary/aromatic N) is 3. The van der Waals surface area contributed by atoms with E-state index < -0.39 is 0 Å². The van der Waals surface area contributed by atoms with Crippen molar-refractivity contribution in [2.75, 3.05) is 11.9 Å². The van der Waals surface area contributed by atoms with Gasteiger partial charge in [0, 0.05) is 47.3 Å². The van der Waals surface area contributed by atoms with Crippen molar-refractivity contribution in [2.24, 2.45) is 0 Å². The lowest BCUT2D eigenvalue weighted by Gasteiger charge is -2.32. The molecule has 1 aliphatic rings. The van der Waals surface area contributed by atoms with E-state index in [0.29, 0.717) is 24.5 Å². The number of benzene rings is 2. The number of hydrogen-bond acceptors (Lipinski definition) is 3. The Kier molecular flexibility index (Phi) is 5.60. The monoisotopic (exact) mass is 496 g/mol. The van der Waals surface area contributed by atoms with Gasteiger partial charge in [-0.05, 0) is 53.4 Å². The van der Waals surface area contributed by atoms with E-state index in [2.05, 4.69) is 15.3 Å². The third-order valence-electron chi connectivity index (χ3n) is 6.79. The summed E-state index contributed by atoms with van der Waals surface area (Å²) in [5.74, 6) is -0.844. The maximum absolute atomic E-state index is 13.5. The first-order valence-electron chi connectivity index (χ1n) is 12.1. The molecule has 1 atom stereocenters. The van der Waals surface area contributed by atoms with Gasteiger partial charge >= 0.3 is 0 Å². The molecule has 0 radical (unpaired) electrons. The van der Waals surface area contributed by atoms with Crippen LogP contribution in [0, 0.1) is 5.82 Å². The highest BCUT2D eigenvalue weighted by Crippen LogP contribution is 2.32. The molecule has 6 rings (SSSR count). The quantitative estimate of drug-likeness (QED) is 0.323. The molecular weight excluding hydrogens is 471 g/mol. The lowest BCUT2D eigenvalue weighted by molar-refractivity contribution is 0.0711. The van der Waals surface area contributed by atoms with Gasteiger partial charge in [-0.25, -0.2) is 4.39 Å². The summed E-state index contributed by atoms with van der Waals surface area (Å²) in [6.07, 6.45) is 3.56. The molecule has 0 saturated heterocycles. The van der Waals surface area contributed by atoms with Crippen molar-refractivity contribution >= 4 is 28.4 Å². The predicted molar refractivity (Wildman–Crippen MR) is 138 cm³/mol. The zero-order valence-electron chi connectivity index (χ0n) is 20.2. The smallest absolute Gasteiger partial charge is 0.276 e. The Hall–Kier alpha value is -4.66. The van der Waals surface area contributed by atoms with Crippen LogP contribution in [0.3, 0.4) is 0 Å². The average Bonchev–Trinajstić information content (AvgIpc) is 3.65. The number of carbonyl (C=O) groups is 2. The number of H-pyrrole nitrogens is 2. The molecule has 3 N–H and O–H groups in total. The molecule has 2 amide bonds. The molecule has 4 heterocycles. The zero-order chi connectivity index (χ0) is 25.5. The molecule has 8 nitrogen and oxygen atoms in total. The Morgan fingerprint density at radius 2 is 1.92 bits per heavy atom. The van der Waals surface area contributed by atoms with E-state index in [1.54, 1.807) is 35.4 Å². The van der Waals surface area contributed by atoms with E-state index in [1.807, 2.05) is 42.1 Å². The number of aromatic amines is 2. The summed E-state index contributed by atoms with van der Waals surface area (Å²) in [5.41, 5.74) is 4.83. The maximum atomic E-state index is 13.5. The van der Waals surface area contributed by atoms with E-state index in [1.165, 1.54) is 12.1 Å². The third kappa shape index (κ3) is 4.29. The SMILES string of the molecule is CC1CN(C(=O)c2ccc[nH]2)Cc2c(C(=O)Nc3ccc4cc[nH]c4c3)nn(Cc3ccc(F)cc3)c21. The van der Waals surface area contributed by atoms with E-state index >= 15 is 0 Å². The molecule has 0 aliphatic carbocycles. The molecule has 2 aromatic carbocycles. The van der Waals surface area contributed by atoms with Crippen molar-refractivity contribution in [3.05, 3.63) is 107 Å². The van der Waals surface area contributed by atoms with Crippen LogP contribution in [-0.2, 0) is 13.1 Å². The van der Waals surface area contributed by atoms with Gasteiger partial charge in [0.25, 0.3) is 11.8 Å². The first-order chi connectivity index (χ1) is 18.0. The van der Waals surface area contributed by atoms with Crippen molar-refractivity contribution in [3.8, 4) is 0 Å². The number of fused-ring (bicyclic) bond motifs is 2. The van der Waals surface area contributed by atoms with Gasteiger partial charge in [0.2, 0.25) is 0 Å². The fourth-order valence-electron chi connectivity index (χ4n) is 5.06. The van der Waals surface area contributed by atoms with Crippen LogP contribution in [0.25, 0.3) is 10.9 Å². The van der Waals surface area contributed by atoms with E-state index in [0.717, 1.165) is 27.7 Å². The summed E-state index contributed by atoms with van der Waals surface area (Å²) >= 11 is 0. The van der Waals surface area contributed by atoms with Gasteiger partial charge in [-0.3, -0.25) is 14.3 Å². The molecular formula is C28H25FN6O2. The summed E-state index contributed by atoms with van der Waals surface area (Å²) in [6, 6.07) is 17.4. The minimum atomic E-state index is -0.346. The number of halogens is 1. The van der Waals surface area contributed by atoms with Crippen molar-refractivity contribution in [1.29, 1.82) is 0 Å². The average molecular weight is 497 g/mol. The topological polar surface area (TPSA) is 98.8 Å². The van der Waals surface area contributed by atoms with Gasteiger partial charge in [-0.1, -0.05) is 25.1 Å². The molecule has 9 heteroatoms. The number of carbonyl (C=O) groups excluding carboxylic acids is 2. The molecule has 1 unspecified atom stereocenters. The minimum Gasteiger partial charge on any atom is -0.361 e. The molecule has 0 saturated carbocycles. The second-order valence-electron chi connectivity index (χ2n) is 9.40. The van der Waals surface area contributed by atoms with Crippen LogP contribution in [0.2, 0.25) is 0 Å². The number of rotatable bonds is 5. The molecule has 37 heavy (non-hydrogen) atoms. The molecule has 3 aromatic heterocycles. The largest absolute Gasteiger partial charge is 0.361 e. The number of anilines is 1. The lowest BCUT2D eigenvalue weighted by atomic mass is 9.95. The van der Waals surface area contributed by atoms with Crippen LogP contribution < -0.4 is 5.32 Å². The number of hydrogen-bond donors (Lipinski definition) is 3. The van der Waals surface area contributed by atoms with Crippen LogP contribution in [0.15, 0.2) is 73.1 Å². The van der Waals surface area contributed by atoms with Gasteiger partial charge < -0.3 is 20.2 Å². The number of amides is 2. The standard InChI is InChI=1S/C28H25FN6O2/c1-17-14-34(28(37)23-3-2-11-30-23)16-22-25(27(36)32-21-9-6-19-10-12-31-24(19)13-21)33-35(26(17)22)15-18-4-7-20(29)8-5-18/h2-13,17,30-31H,14-16H2,1H3,(H,32,36). The highest BCUT2D eigenvalue weighted by Gasteiger charge is 2.34. The first kappa shape index (κ1) is 22.8. The highest BCUT2D eigenvalue weighted by atomic mass is 19.1. The summed E-state index contributed by atoms with van der Waals surface area (Å²) in [4.78, 5) is 34.5. The molecule has 1 aliphatic heterocycles. The van der Waals surface area contributed by atoms with Gasteiger partial charge in [-0.2, -0.15) is 5.10 Å². The van der Waals surface area contributed by atoms with Crippen LogP contribution in [0.1, 0.15) is 50.6 Å². The highest BCUT2D eigenvalue weighted by molar-refractivity contribution is 6.05. The molecule has 0 fully saturated rings. The Labute approximate surface area is 212 Å². The van der Waals surface area contributed by atoms with Gasteiger partial charge in [0.1, 0.15) is 11.5 Å². The van der Waals surface area contributed by atoms with Crippen LogP contribution in [0.5, 0.6) is 0 Å².